The van der Waals surface area contributed by atoms with Gasteiger partial charge in [0.05, 0.1) is 30.2 Å². The highest BCUT2D eigenvalue weighted by atomic mass is 79.9. The van der Waals surface area contributed by atoms with Crippen LogP contribution in [0.3, 0.4) is 0 Å². The van der Waals surface area contributed by atoms with Crippen molar-refractivity contribution in [2.75, 3.05) is 33.5 Å². The molecule has 0 radical (unpaired) electrons. The lowest BCUT2D eigenvalue weighted by molar-refractivity contribution is -0.0129. The third kappa shape index (κ3) is 5.77. The summed E-state index contributed by atoms with van der Waals surface area (Å²) in [4.78, 5) is 1.13. The van der Waals surface area contributed by atoms with Crippen molar-refractivity contribution in [1.29, 1.82) is 0 Å². The first-order valence-electron chi connectivity index (χ1n) is 5.84. The van der Waals surface area contributed by atoms with E-state index in [4.69, 9.17) is 19.9 Å². The molecule has 0 aliphatic rings. The van der Waals surface area contributed by atoms with Crippen LogP contribution in [0.15, 0.2) is 15.9 Å². The molecule has 18 heavy (non-hydrogen) atoms. The molecule has 1 aromatic heterocycles. The third-order valence-electron chi connectivity index (χ3n) is 2.31. The zero-order chi connectivity index (χ0) is 13.4. The summed E-state index contributed by atoms with van der Waals surface area (Å²) in [6.45, 7) is 4.23. The van der Waals surface area contributed by atoms with Crippen LogP contribution < -0.4 is 5.73 Å². The minimum Gasteiger partial charge on any atom is -0.382 e. The largest absolute Gasteiger partial charge is 0.382 e. The molecule has 104 valence electrons. The standard InChI is InChI=1S/C12H20BrNO3S/c1-9(14)12(10-3-4-11(13)18-10)17-8-7-16-6-5-15-2/h3-4,9,12H,5-8,14H2,1-2H3. The summed E-state index contributed by atoms with van der Waals surface area (Å²) in [5.74, 6) is 0. The Labute approximate surface area is 121 Å². The minimum absolute atomic E-state index is 0.0467. The van der Waals surface area contributed by atoms with E-state index < -0.39 is 0 Å². The number of hydrogen-bond donors (Lipinski definition) is 1. The summed E-state index contributed by atoms with van der Waals surface area (Å²) in [5.41, 5.74) is 5.95. The van der Waals surface area contributed by atoms with Gasteiger partial charge in [-0.15, -0.1) is 11.3 Å². The molecule has 0 saturated carbocycles. The van der Waals surface area contributed by atoms with E-state index in [0.717, 1.165) is 8.66 Å². The first kappa shape index (κ1) is 16.1. The van der Waals surface area contributed by atoms with Gasteiger partial charge in [-0.3, -0.25) is 0 Å². The molecule has 2 atom stereocenters. The topological polar surface area (TPSA) is 53.7 Å². The first-order chi connectivity index (χ1) is 8.65. The van der Waals surface area contributed by atoms with Crippen LogP contribution >= 0.6 is 27.3 Å². The summed E-state index contributed by atoms with van der Waals surface area (Å²) in [7, 11) is 1.65. The molecule has 0 spiro atoms. The normalized spacial score (nSPS) is 14.7. The number of ether oxygens (including phenoxy) is 3. The van der Waals surface area contributed by atoms with Gasteiger partial charge in [0, 0.05) is 18.0 Å². The molecule has 0 fully saturated rings. The van der Waals surface area contributed by atoms with Gasteiger partial charge >= 0.3 is 0 Å². The number of nitrogens with two attached hydrogens (primary N) is 1. The third-order valence-corrected chi connectivity index (χ3v) is 3.99. The van der Waals surface area contributed by atoms with Gasteiger partial charge in [-0.2, -0.15) is 0 Å². The average Bonchev–Trinajstić information content (AvgIpc) is 2.74. The molecule has 0 bridgehead atoms. The molecule has 2 unspecified atom stereocenters. The number of rotatable bonds is 9. The average molecular weight is 338 g/mol. The van der Waals surface area contributed by atoms with E-state index in [1.165, 1.54) is 0 Å². The van der Waals surface area contributed by atoms with E-state index in [2.05, 4.69) is 15.9 Å². The van der Waals surface area contributed by atoms with Gasteiger partial charge in [0.2, 0.25) is 0 Å². The van der Waals surface area contributed by atoms with Crippen molar-refractivity contribution >= 4 is 27.3 Å². The smallest absolute Gasteiger partial charge is 0.107 e. The van der Waals surface area contributed by atoms with E-state index in [1.807, 2.05) is 19.1 Å². The maximum atomic E-state index is 5.95. The lowest BCUT2D eigenvalue weighted by Gasteiger charge is -2.20. The van der Waals surface area contributed by atoms with Crippen LogP contribution in [0.4, 0.5) is 0 Å². The van der Waals surface area contributed by atoms with Gasteiger partial charge in [-0.1, -0.05) is 0 Å². The second-order valence-corrected chi connectivity index (χ2v) is 6.39. The molecular weight excluding hydrogens is 318 g/mol. The Morgan fingerprint density at radius 1 is 1.28 bits per heavy atom. The molecule has 0 aliphatic heterocycles. The Morgan fingerprint density at radius 3 is 2.56 bits per heavy atom. The fraction of sp³-hybridized carbons (Fsp3) is 0.667. The van der Waals surface area contributed by atoms with Crippen molar-refractivity contribution in [3.8, 4) is 0 Å². The molecule has 4 nitrogen and oxygen atoms in total. The molecule has 0 aromatic carbocycles. The van der Waals surface area contributed by atoms with Crippen molar-refractivity contribution in [3.63, 3.8) is 0 Å². The lowest BCUT2D eigenvalue weighted by Crippen LogP contribution is -2.27. The summed E-state index contributed by atoms with van der Waals surface area (Å²) >= 11 is 5.09. The van der Waals surface area contributed by atoms with E-state index in [0.29, 0.717) is 26.4 Å². The monoisotopic (exact) mass is 337 g/mol. The zero-order valence-electron chi connectivity index (χ0n) is 10.7. The van der Waals surface area contributed by atoms with Crippen LogP contribution in [0.25, 0.3) is 0 Å². The van der Waals surface area contributed by atoms with Gasteiger partial charge in [0.25, 0.3) is 0 Å². The summed E-state index contributed by atoms with van der Waals surface area (Å²) < 4.78 is 17.1. The predicted octanol–water partition coefficient (Wildman–Crippen LogP) is 2.58. The van der Waals surface area contributed by atoms with Crippen molar-refractivity contribution in [2.45, 2.75) is 19.1 Å². The van der Waals surface area contributed by atoms with E-state index in [1.54, 1.807) is 18.4 Å². The predicted molar refractivity (Wildman–Crippen MR) is 77.1 cm³/mol. The summed E-state index contributed by atoms with van der Waals surface area (Å²) in [5, 5.41) is 0. The van der Waals surface area contributed by atoms with Crippen molar-refractivity contribution < 1.29 is 14.2 Å². The van der Waals surface area contributed by atoms with Crippen LogP contribution in [0.1, 0.15) is 17.9 Å². The Hall–Kier alpha value is 0.0200. The van der Waals surface area contributed by atoms with E-state index in [-0.39, 0.29) is 12.1 Å². The molecule has 0 saturated heterocycles. The Kier molecular flexibility index (Phi) is 8.05. The van der Waals surface area contributed by atoms with Crippen LogP contribution in [-0.4, -0.2) is 39.6 Å². The van der Waals surface area contributed by atoms with Gasteiger partial charge in [0.15, 0.2) is 0 Å². The molecule has 1 rings (SSSR count). The number of thiophene rings is 1. The Balaban J connectivity index is 2.31. The first-order valence-corrected chi connectivity index (χ1v) is 7.45. The second kappa shape index (κ2) is 9.01. The highest BCUT2D eigenvalue weighted by Gasteiger charge is 2.18. The Bertz CT molecular complexity index is 333. The highest BCUT2D eigenvalue weighted by molar-refractivity contribution is 9.11. The van der Waals surface area contributed by atoms with Gasteiger partial charge in [-0.05, 0) is 35.0 Å². The van der Waals surface area contributed by atoms with Crippen LogP contribution in [0.2, 0.25) is 0 Å². The summed E-state index contributed by atoms with van der Waals surface area (Å²) in [6, 6.07) is 4.00. The number of hydrogen-bond acceptors (Lipinski definition) is 5. The molecule has 6 heteroatoms. The molecule has 0 aliphatic carbocycles. The Morgan fingerprint density at radius 2 is 2.00 bits per heavy atom. The lowest BCUT2D eigenvalue weighted by atomic mass is 10.1. The molecule has 2 N–H and O–H groups in total. The quantitative estimate of drug-likeness (QED) is 0.703. The van der Waals surface area contributed by atoms with Gasteiger partial charge in [0.1, 0.15) is 6.10 Å². The van der Waals surface area contributed by atoms with Gasteiger partial charge < -0.3 is 19.9 Å². The minimum atomic E-state index is -0.0766. The maximum absolute atomic E-state index is 5.95. The van der Waals surface area contributed by atoms with Crippen molar-refractivity contribution in [3.05, 3.63) is 20.8 Å². The zero-order valence-corrected chi connectivity index (χ0v) is 13.1. The van der Waals surface area contributed by atoms with Crippen LogP contribution in [-0.2, 0) is 14.2 Å². The SMILES string of the molecule is COCCOCCOC(c1ccc(Br)s1)C(C)N. The number of halogens is 1. The molecule has 0 amide bonds. The fourth-order valence-corrected chi connectivity index (χ4v) is 3.04. The van der Waals surface area contributed by atoms with Gasteiger partial charge in [-0.25, -0.2) is 0 Å². The molecule has 1 aromatic rings. The molecular formula is C12H20BrNO3S. The summed E-state index contributed by atoms with van der Waals surface area (Å²) in [6.07, 6.45) is -0.0766. The fourth-order valence-electron chi connectivity index (χ4n) is 1.45. The van der Waals surface area contributed by atoms with E-state index in [9.17, 15) is 0 Å². The van der Waals surface area contributed by atoms with Crippen LogP contribution in [0.5, 0.6) is 0 Å². The van der Waals surface area contributed by atoms with Crippen LogP contribution in [0, 0.1) is 0 Å². The number of methoxy groups -OCH3 is 1. The maximum Gasteiger partial charge on any atom is 0.107 e. The van der Waals surface area contributed by atoms with E-state index >= 15 is 0 Å². The van der Waals surface area contributed by atoms with Crippen molar-refractivity contribution in [1.82, 2.24) is 0 Å². The highest BCUT2D eigenvalue weighted by Crippen LogP contribution is 2.30. The van der Waals surface area contributed by atoms with Crippen molar-refractivity contribution in [2.24, 2.45) is 5.73 Å². The molecule has 1 heterocycles. The second-order valence-electron chi connectivity index (χ2n) is 3.90.